The summed E-state index contributed by atoms with van der Waals surface area (Å²) in [6.45, 7) is 10.1. The summed E-state index contributed by atoms with van der Waals surface area (Å²) in [5.41, 5.74) is 2.91. The molecule has 5 nitrogen and oxygen atoms in total. The molecule has 2 aromatic carbocycles. The highest BCUT2D eigenvalue weighted by Crippen LogP contribution is 2.31. The fourth-order valence-electron chi connectivity index (χ4n) is 3.76. The first-order valence-electron chi connectivity index (χ1n) is 9.70. The Morgan fingerprint density at radius 3 is 2.25 bits per heavy atom. The van der Waals surface area contributed by atoms with Crippen LogP contribution in [-0.4, -0.2) is 38.6 Å². The number of anilines is 1. The maximum absolute atomic E-state index is 13.3. The summed E-state index contributed by atoms with van der Waals surface area (Å²) >= 11 is 0. The van der Waals surface area contributed by atoms with Gasteiger partial charge in [0.25, 0.3) is 10.0 Å². The highest BCUT2D eigenvalue weighted by Gasteiger charge is 2.22. The summed E-state index contributed by atoms with van der Waals surface area (Å²) in [5, 5.41) is 4.33. The topological polar surface area (TPSA) is 54.3 Å². The normalized spacial score (nSPS) is 15.9. The zero-order valence-electron chi connectivity index (χ0n) is 16.6. The Balaban J connectivity index is 1.76. The Kier molecular flexibility index (Phi) is 4.71. The molecule has 1 aliphatic rings. The van der Waals surface area contributed by atoms with Crippen molar-refractivity contribution in [3.63, 3.8) is 0 Å². The second kappa shape index (κ2) is 6.94. The van der Waals surface area contributed by atoms with E-state index in [-0.39, 0.29) is 5.41 Å². The predicted molar refractivity (Wildman–Crippen MR) is 115 cm³/mol. The first kappa shape index (κ1) is 19.0. The van der Waals surface area contributed by atoms with Gasteiger partial charge in [-0.15, -0.1) is 0 Å². The minimum Gasteiger partial charge on any atom is -0.368 e. The van der Waals surface area contributed by atoms with Gasteiger partial charge in [0.1, 0.15) is 0 Å². The smallest absolute Gasteiger partial charge is 0.268 e. The van der Waals surface area contributed by atoms with Gasteiger partial charge in [-0.2, -0.15) is 0 Å². The maximum atomic E-state index is 13.3. The number of fused-ring (bicyclic) bond motifs is 1. The van der Waals surface area contributed by atoms with E-state index in [9.17, 15) is 8.42 Å². The van der Waals surface area contributed by atoms with E-state index in [0.29, 0.717) is 4.90 Å². The van der Waals surface area contributed by atoms with E-state index in [1.165, 1.54) is 3.97 Å². The number of benzene rings is 2. The van der Waals surface area contributed by atoms with Crippen LogP contribution < -0.4 is 10.2 Å². The summed E-state index contributed by atoms with van der Waals surface area (Å²) in [6.07, 6.45) is 1.67. The molecule has 0 amide bonds. The molecule has 0 saturated carbocycles. The van der Waals surface area contributed by atoms with E-state index < -0.39 is 10.0 Å². The van der Waals surface area contributed by atoms with Gasteiger partial charge in [0.15, 0.2) is 0 Å². The first-order valence-corrected chi connectivity index (χ1v) is 11.1. The number of nitrogens with one attached hydrogen (secondary N) is 1. The van der Waals surface area contributed by atoms with E-state index >= 15 is 0 Å². The number of hydrogen-bond donors (Lipinski definition) is 1. The summed E-state index contributed by atoms with van der Waals surface area (Å²) in [6, 6.07) is 15.0. The second-order valence-electron chi connectivity index (χ2n) is 8.34. The molecule has 0 spiro atoms. The molecule has 148 valence electrons. The minimum absolute atomic E-state index is 0.0133. The van der Waals surface area contributed by atoms with Gasteiger partial charge in [0.2, 0.25) is 0 Å². The highest BCUT2D eigenvalue weighted by atomic mass is 32.2. The van der Waals surface area contributed by atoms with Crippen LogP contribution in [0.5, 0.6) is 0 Å². The summed E-state index contributed by atoms with van der Waals surface area (Å²) in [5.74, 6) is 0. The summed E-state index contributed by atoms with van der Waals surface area (Å²) in [7, 11) is -3.65. The van der Waals surface area contributed by atoms with Gasteiger partial charge in [-0.1, -0.05) is 39.0 Å². The molecule has 1 fully saturated rings. The van der Waals surface area contributed by atoms with Crippen LogP contribution in [0.1, 0.15) is 26.3 Å². The average Bonchev–Trinajstić information content (AvgIpc) is 3.13. The fourth-order valence-corrected chi connectivity index (χ4v) is 5.10. The Morgan fingerprint density at radius 2 is 1.61 bits per heavy atom. The van der Waals surface area contributed by atoms with Crippen LogP contribution in [-0.2, 0) is 15.4 Å². The van der Waals surface area contributed by atoms with E-state index in [0.717, 1.165) is 48.3 Å². The molecule has 3 aromatic rings. The Bertz CT molecular complexity index is 1090. The van der Waals surface area contributed by atoms with Crippen LogP contribution in [0, 0.1) is 0 Å². The Hall–Kier alpha value is -2.31. The lowest BCUT2D eigenvalue weighted by molar-refractivity contribution is 0.583. The molecule has 4 rings (SSSR count). The Morgan fingerprint density at radius 1 is 0.929 bits per heavy atom. The van der Waals surface area contributed by atoms with Gasteiger partial charge in [0.05, 0.1) is 10.4 Å². The predicted octanol–water partition coefficient (Wildman–Crippen LogP) is 3.59. The number of piperazine rings is 1. The number of nitrogens with zero attached hydrogens (tertiary/aromatic N) is 2. The third kappa shape index (κ3) is 3.31. The van der Waals surface area contributed by atoms with Crippen molar-refractivity contribution in [1.29, 1.82) is 0 Å². The van der Waals surface area contributed by atoms with E-state index in [2.05, 4.69) is 37.1 Å². The quantitative estimate of drug-likeness (QED) is 0.734. The molecule has 1 saturated heterocycles. The first-order chi connectivity index (χ1) is 13.3. The van der Waals surface area contributed by atoms with Crippen LogP contribution in [0.15, 0.2) is 59.6 Å². The van der Waals surface area contributed by atoms with Crippen molar-refractivity contribution in [2.75, 3.05) is 31.1 Å². The summed E-state index contributed by atoms with van der Waals surface area (Å²) < 4.78 is 28.0. The molecule has 1 aromatic heterocycles. The lowest BCUT2D eigenvalue weighted by atomic mass is 9.87. The molecular formula is C22H27N3O2S. The molecule has 0 aliphatic carbocycles. The van der Waals surface area contributed by atoms with Crippen molar-refractivity contribution in [3.05, 3.63) is 60.3 Å². The lowest BCUT2D eigenvalue weighted by Gasteiger charge is -2.30. The van der Waals surface area contributed by atoms with E-state index in [4.69, 9.17) is 0 Å². The van der Waals surface area contributed by atoms with Crippen molar-refractivity contribution >= 4 is 26.6 Å². The van der Waals surface area contributed by atoms with Crippen LogP contribution in [0.4, 0.5) is 5.69 Å². The van der Waals surface area contributed by atoms with Gasteiger partial charge in [-0.05, 0) is 41.3 Å². The second-order valence-corrected chi connectivity index (χ2v) is 10.2. The SMILES string of the molecule is CC(C)(C)c1ccc(S(=O)(=O)n2ccc3c(N4CCNCC4)cccc32)cc1. The van der Waals surface area contributed by atoms with Crippen LogP contribution in [0.25, 0.3) is 10.9 Å². The van der Waals surface area contributed by atoms with Crippen molar-refractivity contribution < 1.29 is 8.42 Å². The van der Waals surface area contributed by atoms with Crippen LogP contribution in [0.3, 0.4) is 0 Å². The van der Waals surface area contributed by atoms with Crippen molar-refractivity contribution in [2.45, 2.75) is 31.1 Å². The molecule has 6 heteroatoms. The van der Waals surface area contributed by atoms with Crippen LogP contribution >= 0.6 is 0 Å². The zero-order valence-corrected chi connectivity index (χ0v) is 17.5. The van der Waals surface area contributed by atoms with E-state index in [1.807, 2.05) is 30.3 Å². The molecule has 0 unspecified atom stereocenters. The molecule has 2 heterocycles. The van der Waals surface area contributed by atoms with Gasteiger partial charge < -0.3 is 10.2 Å². The molecule has 0 radical (unpaired) electrons. The van der Waals surface area contributed by atoms with Gasteiger partial charge in [0, 0.05) is 43.4 Å². The third-order valence-corrected chi connectivity index (χ3v) is 7.11. The highest BCUT2D eigenvalue weighted by molar-refractivity contribution is 7.90. The van der Waals surface area contributed by atoms with Crippen LogP contribution in [0.2, 0.25) is 0 Å². The molecule has 28 heavy (non-hydrogen) atoms. The van der Waals surface area contributed by atoms with Gasteiger partial charge in [-0.3, -0.25) is 0 Å². The number of hydrogen-bond acceptors (Lipinski definition) is 4. The minimum atomic E-state index is -3.65. The standard InChI is InChI=1S/C22H27N3O2S/c1-22(2,3)17-7-9-18(10-8-17)28(26,27)25-14-11-19-20(5-4-6-21(19)25)24-15-12-23-13-16-24/h4-11,14,23H,12-13,15-16H2,1-3H3. The third-order valence-electron chi connectivity index (χ3n) is 5.41. The van der Waals surface area contributed by atoms with Gasteiger partial charge >= 0.3 is 0 Å². The number of aromatic nitrogens is 1. The monoisotopic (exact) mass is 397 g/mol. The fraction of sp³-hybridized carbons (Fsp3) is 0.364. The molecule has 1 aliphatic heterocycles. The largest absolute Gasteiger partial charge is 0.368 e. The van der Waals surface area contributed by atoms with Crippen molar-refractivity contribution in [3.8, 4) is 0 Å². The Labute approximate surface area is 167 Å². The zero-order chi connectivity index (χ0) is 19.9. The lowest BCUT2D eigenvalue weighted by Crippen LogP contribution is -2.43. The molecule has 0 bridgehead atoms. The van der Waals surface area contributed by atoms with Gasteiger partial charge in [-0.25, -0.2) is 12.4 Å². The summed E-state index contributed by atoms with van der Waals surface area (Å²) in [4.78, 5) is 2.62. The molecular weight excluding hydrogens is 370 g/mol. The average molecular weight is 398 g/mol. The number of rotatable bonds is 3. The maximum Gasteiger partial charge on any atom is 0.268 e. The van der Waals surface area contributed by atoms with Crippen molar-refractivity contribution in [1.82, 2.24) is 9.29 Å². The van der Waals surface area contributed by atoms with E-state index in [1.54, 1.807) is 18.3 Å². The van der Waals surface area contributed by atoms with Crippen molar-refractivity contribution in [2.24, 2.45) is 0 Å². The molecule has 0 atom stereocenters. The molecule has 1 N–H and O–H groups in total.